The zero-order chi connectivity index (χ0) is 11.7. The van der Waals surface area contributed by atoms with Crippen LogP contribution < -0.4 is 10.2 Å². The van der Waals surface area contributed by atoms with Crippen LogP contribution in [0.4, 0.5) is 0 Å². The molecule has 0 saturated heterocycles. The van der Waals surface area contributed by atoms with Crippen LogP contribution in [-0.4, -0.2) is 11.6 Å². The van der Waals surface area contributed by atoms with E-state index < -0.39 is 0 Å². The predicted octanol–water partition coefficient (Wildman–Crippen LogP) is -0.324. The van der Waals surface area contributed by atoms with Crippen LogP contribution in [0.15, 0.2) is 23.7 Å². The van der Waals surface area contributed by atoms with Gasteiger partial charge in [-0.2, -0.15) is 0 Å². The smallest absolute Gasteiger partial charge is 0.876 e. The van der Waals surface area contributed by atoms with Gasteiger partial charge < -0.3 is 10.2 Å². The summed E-state index contributed by atoms with van der Waals surface area (Å²) in [5.74, 6) is -0.750. The summed E-state index contributed by atoms with van der Waals surface area (Å²) in [4.78, 5) is 20.0. The Morgan fingerprint density at radius 1 is 0.800 bits per heavy atom. The van der Waals surface area contributed by atoms with Gasteiger partial charge in [0.1, 0.15) is 0 Å². The summed E-state index contributed by atoms with van der Waals surface area (Å²) in [5, 5.41) is 20.0. The second kappa shape index (κ2) is 11.0. The maximum Gasteiger partial charge on any atom is 2.00 e. The summed E-state index contributed by atoms with van der Waals surface area (Å²) in [6, 6.07) is 0. The van der Waals surface area contributed by atoms with E-state index in [1.807, 2.05) is 0 Å². The van der Waals surface area contributed by atoms with Crippen molar-refractivity contribution >= 4 is 11.6 Å². The third kappa shape index (κ3) is 32.1. The second-order valence-corrected chi connectivity index (χ2v) is 2.73. The van der Waals surface area contributed by atoms with Crippen molar-refractivity contribution < 1.29 is 37.2 Å². The van der Waals surface area contributed by atoms with Gasteiger partial charge in [0.25, 0.3) is 0 Å². The van der Waals surface area contributed by atoms with Crippen molar-refractivity contribution in [3.63, 3.8) is 0 Å². The average molecular weight is 250 g/mol. The molecule has 0 bridgehead atoms. The van der Waals surface area contributed by atoms with Crippen LogP contribution in [0.5, 0.6) is 0 Å². The van der Waals surface area contributed by atoms with Crippen molar-refractivity contribution in [3.8, 4) is 0 Å². The third-order valence-corrected chi connectivity index (χ3v) is 0.813. The molecule has 5 heteroatoms. The number of hydrogen-bond donors (Lipinski definition) is 0. The molecule has 0 aromatic carbocycles. The SMILES string of the molecule is CC(=O)C=C(C)[O-].CC(=O)C=C(C)[O-].[Cr+2]. The Morgan fingerprint density at radius 2 is 1.00 bits per heavy atom. The van der Waals surface area contributed by atoms with Crippen LogP contribution in [0.3, 0.4) is 0 Å². The van der Waals surface area contributed by atoms with Crippen molar-refractivity contribution in [2.24, 2.45) is 0 Å². The third-order valence-electron chi connectivity index (χ3n) is 0.813. The molecule has 0 radical (unpaired) electrons. The fourth-order valence-electron chi connectivity index (χ4n) is 0.572. The van der Waals surface area contributed by atoms with Crippen molar-refractivity contribution in [2.45, 2.75) is 27.7 Å². The van der Waals surface area contributed by atoms with Gasteiger partial charge in [0, 0.05) is 0 Å². The number of carbonyl (C=O) groups is 2. The van der Waals surface area contributed by atoms with E-state index in [9.17, 15) is 19.8 Å². The zero-order valence-corrected chi connectivity index (χ0v) is 10.5. The number of rotatable bonds is 2. The number of allylic oxidation sites excluding steroid dienone is 4. The fraction of sp³-hybridized carbons (Fsp3) is 0.400. The number of ketones is 2. The molecule has 0 aliphatic carbocycles. The van der Waals surface area contributed by atoms with Gasteiger partial charge >= 0.3 is 17.4 Å². The molecule has 0 aromatic rings. The fourth-order valence-corrected chi connectivity index (χ4v) is 0.572. The van der Waals surface area contributed by atoms with Crippen LogP contribution in [0, 0.1) is 0 Å². The Morgan fingerprint density at radius 3 is 1.00 bits per heavy atom. The second-order valence-electron chi connectivity index (χ2n) is 2.73. The van der Waals surface area contributed by atoms with Crippen LogP contribution in [0.2, 0.25) is 0 Å². The quantitative estimate of drug-likeness (QED) is 0.496. The van der Waals surface area contributed by atoms with Crippen molar-refractivity contribution in [2.75, 3.05) is 0 Å². The van der Waals surface area contributed by atoms with Gasteiger partial charge in [0.05, 0.1) is 0 Å². The van der Waals surface area contributed by atoms with E-state index in [-0.39, 0.29) is 40.4 Å². The molecule has 0 fully saturated rings. The molecule has 0 amide bonds. The molecule has 0 aliphatic rings. The molecule has 4 nitrogen and oxygen atoms in total. The van der Waals surface area contributed by atoms with Gasteiger partial charge in [-0.25, -0.2) is 0 Å². The number of hydrogen-bond acceptors (Lipinski definition) is 4. The molecule has 84 valence electrons. The van der Waals surface area contributed by atoms with E-state index in [0.29, 0.717) is 0 Å². The molecule has 15 heavy (non-hydrogen) atoms. The minimum Gasteiger partial charge on any atom is -0.876 e. The first-order valence-electron chi connectivity index (χ1n) is 3.97. The van der Waals surface area contributed by atoms with E-state index in [4.69, 9.17) is 0 Å². The molecule has 0 N–H and O–H groups in total. The van der Waals surface area contributed by atoms with Gasteiger partial charge in [-0.15, -0.1) is 11.5 Å². The Balaban J connectivity index is -0.000000180. The summed E-state index contributed by atoms with van der Waals surface area (Å²) in [5.41, 5.74) is 0. The topological polar surface area (TPSA) is 80.3 Å². The van der Waals surface area contributed by atoms with E-state index in [0.717, 1.165) is 12.2 Å². The molecule has 0 spiro atoms. The van der Waals surface area contributed by atoms with Gasteiger partial charge in [-0.3, -0.25) is 9.59 Å². The van der Waals surface area contributed by atoms with Gasteiger partial charge in [-0.05, 0) is 26.0 Å². The van der Waals surface area contributed by atoms with Crippen LogP contribution in [0.1, 0.15) is 27.7 Å². The molecule has 0 saturated carbocycles. The predicted molar refractivity (Wildman–Crippen MR) is 48.9 cm³/mol. The van der Waals surface area contributed by atoms with E-state index >= 15 is 0 Å². The van der Waals surface area contributed by atoms with Crippen LogP contribution in [-0.2, 0) is 27.0 Å². The molecule has 0 unspecified atom stereocenters. The number of carbonyl (C=O) groups excluding carboxylic acids is 2. The summed E-state index contributed by atoms with van der Waals surface area (Å²) < 4.78 is 0. The van der Waals surface area contributed by atoms with Crippen LogP contribution in [0.25, 0.3) is 0 Å². The average Bonchev–Trinajstić information content (AvgIpc) is 1.79. The Hall–Kier alpha value is -1.05. The Kier molecular flexibility index (Phi) is 14.3. The summed E-state index contributed by atoms with van der Waals surface area (Å²) in [6.07, 6.45) is 2.11. The summed E-state index contributed by atoms with van der Waals surface area (Å²) >= 11 is 0. The Labute approximate surface area is 100 Å². The molecule has 0 aromatic heterocycles. The van der Waals surface area contributed by atoms with Crippen molar-refractivity contribution in [1.82, 2.24) is 0 Å². The van der Waals surface area contributed by atoms with Crippen LogP contribution >= 0.6 is 0 Å². The van der Waals surface area contributed by atoms with Gasteiger partial charge in [-0.1, -0.05) is 13.8 Å². The molecule has 0 heterocycles. The first-order chi connectivity index (χ1) is 6.25. The summed E-state index contributed by atoms with van der Waals surface area (Å²) in [6.45, 7) is 5.39. The maximum atomic E-state index is 9.98. The first-order valence-corrected chi connectivity index (χ1v) is 3.97. The first kappa shape index (κ1) is 19.5. The molecule has 0 atom stereocenters. The molecule has 0 rings (SSSR count). The standard InChI is InChI=1S/2C5H8O2.Cr/c2*1-4(6)3-5(2)7;/h2*3,6H,1-2H3;/q;;+2/p-2. The van der Waals surface area contributed by atoms with Crippen molar-refractivity contribution in [1.29, 1.82) is 0 Å². The molecular weight excluding hydrogens is 236 g/mol. The minimum atomic E-state index is -0.187. The van der Waals surface area contributed by atoms with Gasteiger partial charge in [0.2, 0.25) is 0 Å². The van der Waals surface area contributed by atoms with Gasteiger partial charge in [0.15, 0.2) is 11.6 Å². The van der Waals surface area contributed by atoms with E-state index in [2.05, 4.69) is 0 Å². The van der Waals surface area contributed by atoms with E-state index in [1.54, 1.807) is 0 Å². The van der Waals surface area contributed by atoms with Crippen molar-refractivity contribution in [3.05, 3.63) is 23.7 Å². The van der Waals surface area contributed by atoms with E-state index in [1.165, 1.54) is 27.7 Å². The molecule has 0 aliphatic heterocycles. The normalized spacial score (nSPS) is 10.7. The largest absolute Gasteiger partial charge is 2.00 e. The Bertz CT molecular complexity index is 231. The maximum absolute atomic E-state index is 9.98. The minimum absolute atomic E-state index is 0. The molecular formula is C10H14CrO4. The monoisotopic (exact) mass is 250 g/mol. The zero-order valence-electron chi connectivity index (χ0n) is 9.20. The summed E-state index contributed by atoms with van der Waals surface area (Å²) in [7, 11) is 0.